The van der Waals surface area contributed by atoms with E-state index in [4.69, 9.17) is 9.31 Å². The van der Waals surface area contributed by atoms with Crippen LogP contribution in [0.2, 0.25) is 0 Å². The van der Waals surface area contributed by atoms with Crippen LogP contribution in [0.25, 0.3) is 0 Å². The van der Waals surface area contributed by atoms with Crippen LogP contribution < -0.4 is 5.46 Å². The molecule has 0 N–H and O–H groups in total. The summed E-state index contributed by atoms with van der Waals surface area (Å²) in [5.74, 6) is 2.22. The van der Waals surface area contributed by atoms with E-state index in [1.165, 1.54) is 5.56 Å². The Kier molecular flexibility index (Phi) is 4.36. The van der Waals surface area contributed by atoms with Crippen molar-refractivity contribution in [3.05, 3.63) is 29.8 Å². The van der Waals surface area contributed by atoms with Gasteiger partial charge in [-0.3, -0.25) is 0 Å². The van der Waals surface area contributed by atoms with Crippen LogP contribution >= 0.6 is 0 Å². The monoisotopic (exact) mass is 320 g/mol. The molecule has 1 aromatic rings. The minimum absolute atomic E-state index is 0.294. The number of hydrogen-bond donors (Lipinski definition) is 0. The standard InChI is InChI=1S/C17H25BO3S/c1-16(2)17(3,4)21-18(20-16)15-7-5-13(6-8-15)14-9-11-22(19)12-10-14/h5-8,14H,9-12H2,1-4H3. The lowest BCUT2D eigenvalue weighted by Crippen LogP contribution is -2.41. The van der Waals surface area contributed by atoms with Crippen molar-refractivity contribution >= 4 is 23.8 Å². The van der Waals surface area contributed by atoms with E-state index in [0.717, 1.165) is 29.8 Å². The van der Waals surface area contributed by atoms with Crippen molar-refractivity contribution in [2.45, 2.75) is 57.7 Å². The van der Waals surface area contributed by atoms with E-state index in [-0.39, 0.29) is 18.3 Å². The normalized spacial score (nSPS) is 30.5. The van der Waals surface area contributed by atoms with E-state index in [0.29, 0.717) is 5.92 Å². The molecule has 5 heteroatoms. The van der Waals surface area contributed by atoms with Crippen molar-refractivity contribution in [1.29, 1.82) is 0 Å². The minimum Gasteiger partial charge on any atom is -0.616 e. The van der Waals surface area contributed by atoms with Crippen LogP contribution in [0, 0.1) is 0 Å². The lowest BCUT2D eigenvalue weighted by atomic mass is 9.78. The Bertz CT molecular complexity index is 505. The summed E-state index contributed by atoms with van der Waals surface area (Å²) in [6.07, 6.45) is 2.06. The molecule has 0 spiro atoms. The van der Waals surface area contributed by atoms with Crippen LogP contribution in [-0.4, -0.2) is 34.4 Å². The lowest BCUT2D eigenvalue weighted by Gasteiger charge is -2.32. The summed E-state index contributed by atoms with van der Waals surface area (Å²) in [5, 5.41) is 0. The molecule has 0 saturated carbocycles. The van der Waals surface area contributed by atoms with Crippen LogP contribution in [0.15, 0.2) is 24.3 Å². The zero-order valence-electron chi connectivity index (χ0n) is 13.9. The summed E-state index contributed by atoms with van der Waals surface area (Å²) in [6, 6.07) is 8.59. The average molecular weight is 320 g/mol. The molecule has 2 saturated heterocycles. The van der Waals surface area contributed by atoms with Crippen LogP contribution in [-0.2, 0) is 20.5 Å². The van der Waals surface area contributed by atoms with Crippen molar-refractivity contribution in [3.8, 4) is 0 Å². The first-order chi connectivity index (χ1) is 10.3. The molecule has 3 rings (SSSR count). The van der Waals surface area contributed by atoms with Gasteiger partial charge in [-0.25, -0.2) is 0 Å². The Labute approximate surface area is 137 Å². The molecule has 2 heterocycles. The molecule has 0 atom stereocenters. The molecule has 22 heavy (non-hydrogen) atoms. The minimum atomic E-state index is -0.598. The fourth-order valence-electron chi connectivity index (χ4n) is 3.03. The van der Waals surface area contributed by atoms with Crippen molar-refractivity contribution < 1.29 is 13.9 Å². The predicted octanol–water partition coefficient (Wildman–Crippen LogP) is 2.61. The fourth-order valence-corrected chi connectivity index (χ4v) is 4.33. The van der Waals surface area contributed by atoms with E-state index in [1.807, 2.05) is 0 Å². The van der Waals surface area contributed by atoms with Gasteiger partial charge in [0.05, 0.1) is 11.2 Å². The number of rotatable bonds is 2. The molecule has 0 aliphatic carbocycles. The number of benzene rings is 1. The molecule has 2 fully saturated rings. The molecular formula is C17H25BO3S. The average Bonchev–Trinajstić information content (AvgIpc) is 2.68. The largest absolute Gasteiger partial charge is 0.616 e. The van der Waals surface area contributed by atoms with Gasteiger partial charge in [-0.05, 0) is 57.5 Å². The van der Waals surface area contributed by atoms with E-state index in [1.54, 1.807) is 0 Å². The first-order valence-electron chi connectivity index (χ1n) is 8.09. The van der Waals surface area contributed by atoms with E-state index in [2.05, 4.69) is 52.0 Å². The van der Waals surface area contributed by atoms with Gasteiger partial charge in [0, 0.05) is 0 Å². The third-order valence-electron chi connectivity index (χ3n) is 5.32. The van der Waals surface area contributed by atoms with Gasteiger partial charge in [-0.1, -0.05) is 35.4 Å². The molecule has 1 aromatic carbocycles. The summed E-state index contributed by atoms with van der Waals surface area (Å²) in [4.78, 5) is 0. The van der Waals surface area contributed by atoms with Gasteiger partial charge in [-0.15, -0.1) is 0 Å². The molecule has 120 valence electrons. The maximum absolute atomic E-state index is 11.5. The van der Waals surface area contributed by atoms with E-state index in [9.17, 15) is 4.55 Å². The summed E-state index contributed by atoms with van der Waals surface area (Å²) in [6.45, 7) is 8.29. The number of hydrogen-bond acceptors (Lipinski definition) is 3. The van der Waals surface area contributed by atoms with Gasteiger partial charge in [-0.2, -0.15) is 0 Å². The SMILES string of the molecule is CC1(C)OB(c2ccc(C3CC[S+]([O-])CC3)cc2)OC1(C)C. The van der Waals surface area contributed by atoms with Crippen molar-refractivity contribution in [3.63, 3.8) is 0 Å². The van der Waals surface area contributed by atoms with Gasteiger partial charge in [0.25, 0.3) is 0 Å². The maximum Gasteiger partial charge on any atom is 0.494 e. The Morgan fingerprint density at radius 3 is 2.00 bits per heavy atom. The first-order valence-corrected chi connectivity index (χ1v) is 9.58. The van der Waals surface area contributed by atoms with Gasteiger partial charge in [0.15, 0.2) is 0 Å². The zero-order chi connectivity index (χ0) is 16.0. The van der Waals surface area contributed by atoms with E-state index < -0.39 is 11.2 Å². The second-order valence-electron chi connectivity index (χ2n) is 7.38. The smallest absolute Gasteiger partial charge is 0.494 e. The molecule has 2 aliphatic rings. The second kappa shape index (κ2) is 5.86. The van der Waals surface area contributed by atoms with Crippen molar-refractivity contribution in [2.24, 2.45) is 0 Å². The van der Waals surface area contributed by atoms with Crippen LogP contribution in [0.5, 0.6) is 0 Å². The maximum atomic E-state index is 11.5. The zero-order valence-corrected chi connectivity index (χ0v) is 14.7. The Morgan fingerprint density at radius 1 is 1.00 bits per heavy atom. The molecular weight excluding hydrogens is 295 g/mol. The predicted molar refractivity (Wildman–Crippen MR) is 92.0 cm³/mol. The summed E-state index contributed by atoms with van der Waals surface area (Å²) >= 11 is -0.598. The lowest BCUT2D eigenvalue weighted by molar-refractivity contribution is 0.00578. The second-order valence-corrected chi connectivity index (χ2v) is 9.07. The molecule has 2 aliphatic heterocycles. The molecule has 0 amide bonds. The summed E-state index contributed by atoms with van der Waals surface area (Å²) in [7, 11) is -0.294. The third-order valence-corrected chi connectivity index (χ3v) is 6.70. The van der Waals surface area contributed by atoms with Crippen LogP contribution in [0.3, 0.4) is 0 Å². The summed E-state index contributed by atoms with van der Waals surface area (Å²) in [5.41, 5.74) is 1.81. The van der Waals surface area contributed by atoms with Gasteiger partial charge in [0.1, 0.15) is 11.5 Å². The quantitative estimate of drug-likeness (QED) is 0.621. The Balaban J connectivity index is 1.70. The van der Waals surface area contributed by atoms with Gasteiger partial charge in [0.2, 0.25) is 0 Å². The highest BCUT2D eigenvalue weighted by Gasteiger charge is 2.51. The van der Waals surface area contributed by atoms with Crippen LogP contribution in [0.1, 0.15) is 52.0 Å². The molecule has 0 unspecified atom stereocenters. The highest BCUT2D eigenvalue weighted by atomic mass is 32.2. The van der Waals surface area contributed by atoms with Gasteiger partial charge >= 0.3 is 7.12 Å². The molecule has 0 bridgehead atoms. The molecule has 0 radical (unpaired) electrons. The molecule has 3 nitrogen and oxygen atoms in total. The van der Waals surface area contributed by atoms with Gasteiger partial charge < -0.3 is 13.9 Å². The van der Waals surface area contributed by atoms with Crippen molar-refractivity contribution in [2.75, 3.05) is 11.5 Å². The van der Waals surface area contributed by atoms with E-state index >= 15 is 0 Å². The Morgan fingerprint density at radius 2 is 1.50 bits per heavy atom. The summed E-state index contributed by atoms with van der Waals surface area (Å²) < 4.78 is 23.6. The third kappa shape index (κ3) is 3.09. The molecule has 0 aromatic heterocycles. The fraction of sp³-hybridized carbons (Fsp3) is 0.647. The topological polar surface area (TPSA) is 41.5 Å². The Hall–Kier alpha value is -0.485. The van der Waals surface area contributed by atoms with Crippen molar-refractivity contribution in [1.82, 2.24) is 0 Å². The first kappa shape index (κ1) is 16.4. The highest BCUT2D eigenvalue weighted by Crippen LogP contribution is 2.36. The van der Waals surface area contributed by atoms with Crippen LogP contribution in [0.4, 0.5) is 0 Å². The highest BCUT2D eigenvalue weighted by molar-refractivity contribution is 7.91.